The normalized spacial score (nSPS) is 20.1. The molecule has 9 heteroatoms. The van der Waals surface area contributed by atoms with E-state index in [1.165, 1.54) is 4.90 Å². The van der Waals surface area contributed by atoms with Gasteiger partial charge < -0.3 is 25.4 Å². The number of carbonyl (C=O) groups is 2. The number of ketones is 1. The highest BCUT2D eigenvalue weighted by Crippen LogP contribution is 2.37. The molecule has 1 aromatic heterocycles. The van der Waals surface area contributed by atoms with E-state index in [-0.39, 0.29) is 24.9 Å². The Kier molecular flexibility index (Phi) is 6.69. The Morgan fingerprint density at radius 2 is 1.97 bits per heavy atom. The number of fused-ring (bicyclic) bond motifs is 1. The molecule has 1 atom stereocenters. The first-order valence-electron chi connectivity index (χ1n) is 9.86. The summed E-state index contributed by atoms with van der Waals surface area (Å²) in [5.74, 6) is 0.336. The molecular formula is C20H29IN4O4. The van der Waals surface area contributed by atoms with Gasteiger partial charge in [0, 0.05) is 24.1 Å². The summed E-state index contributed by atoms with van der Waals surface area (Å²) in [6.45, 7) is 7.64. The second kappa shape index (κ2) is 8.73. The van der Waals surface area contributed by atoms with Crippen molar-refractivity contribution in [3.8, 4) is 0 Å². The molecule has 160 valence electrons. The number of piperidine rings is 1. The van der Waals surface area contributed by atoms with Gasteiger partial charge in [-0.3, -0.25) is 4.79 Å². The smallest absolute Gasteiger partial charge is 0.410 e. The van der Waals surface area contributed by atoms with E-state index in [9.17, 15) is 9.59 Å². The number of hydrogen-bond donors (Lipinski definition) is 2. The van der Waals surface area contributed by atoms with E-state index < -0.39 is 17.7 Å². The summed E-state index contributed by atoms with van der Waals surface area (Å²) in [6.07, 6.45) is 1.11. The number of nitrogens with one attached hydrogen (secondary N) is 1. The van der Waals surface area contributed by atoms with Gasteiger partial charge >= 0.3 is 6.09 Å². The Labute approximate surface area is 185 Å². The van der Waals surface area contributed by atoms with Crippen molar-refractivity contribution in [2.24, 2.45) is 5.92 Å². The first-order chi connectivity index (χ1) is 13.6. The van der Waals surface area contributed by atoms with Gasteiger partial charge in [-0.05, 0) is 69.3 Å². The number of rotatable bonds is 3. The van der Waals surface area contributed by atoms with Gasteiger partial charge in [-0.15, -0.1) is 0 Å². The van der Waals surface area contributed by atoms with Crippen LogP contribution in [0.4, 0.5) is 10.6 Å². The zero-order valence-corrected chi connectivity index (χ0v) is 19.5. The van der Waals surface area contributed by atoms with Crippen LogP contribution < -0.4 is 11.1 Å². The molecule has 2 aliphatic heterocycles. The van der Waals surface area contributed by atoms with Crippen molar-refractivity contribution in [2.45, 2.75) is 51.9 Å². The number of hydrogen-bond acceptors (Lipinski definition) is 7. The zero-order valence-electron chi connectivity index (χ0n) is 17.4. The molecule has 3 N–H and O–H groups in total. The first kappa shape index (κ1) is 22.2. The van der Waals surface area contributed by atoms with Crippen LogP contribution in [-0.2, 0) is 16.1 Å². The molecule has 29 heavy (non-hydrogen) atoms. The van der Waals surface area contributed by atoms with Crippen molar-refractivity contribution < 1.29 is 19.1 Å². The molecule has 0 bridgehead atoms. The van der Waals surface area contributed by atoms with Crippen LogP contribution in [0.15, 0.2) is 0 Å². The predicted molar refractivity (Wildman–Crippen MR) is 118 cm³/mol. The van der Waals surface area contributed by atoms with Crippen LogP contribution in [0.2, 0.25) is 0 Å². The summed E-state index contributed by atoms with van der Waals surface area (Å²) >= 11 is 2.10. The van der Waals surface area contributed by atoms with Gasteiger partial charge in [-0.25, -0.2) is 9.78 Å². The largest absolute Gasteiger partial charge is 0.444 e. The van der Waals surface area contributed by atoms with Crippen molar-refractivity contribution in [1.29, 1.82) is 0 Å². The molecule has 1 amide bonds. The first-order valence-corrected chi connectivity index (χ1v) is 10.9. The van der Waals surface area contributed by atoms with E-state index in [2.05, 4.69) is 32.9 Å². The average Bonchev–Trinajstić information content (AvgIpc) is 2.67. The lowest BCUT2D eigenvalue weighted by Crippen LogP contribution is -2.41. The maximum atomic E-state index is 13.5. The summed E-state index contributed by atoms with van der Waals surface area (Å²) < 4.78 is 11.9. The third-order valence-electron chi connectivity index (χ3n) is 5.23. The van der Waals surface area contributed by atoms with Crippen molar-refractivity contribution >= 4 is 40.3 Å². The lowest BCUT2D eigenvalue weighted by atomic mass is 9.85. The average molecular weight is 516 g/mol. The van der Waals surface area contributed by atoms with Gasteiger partial charge in [-0.2, -0.15) is 0 Å². The van der Waals surface area contributed by atoms with E-state index >= 15 is 0 Å². The molecule has 8 nitrogen and oxygen atoms in total. The number of aromatic nitrogens is 1. The minimum absolute atomic E-state index is 0.0639. The van der Waals surface area contributed by atoms with Crippen LogP contribution in [0.3, 0.4) is 0 Å². The zero-order chi connectivity index (χ0) is 21.3. The molecule has 1 aromatic rings. The number of likely N-dealkylation sites (N-methyl/N-ethyl adjacent to an activating group) is 1. The summed E-state index contributed by atoms with van der Waals surface area (Å²) in [5.41, 5.74) is 7.46. The van der Waals surface area contributed by atoms with Crippen molar-refractivity contribution in [1.82, 2.24) is 15.2 Å². The SMILES string of the molecule is CN(C(=O)OC(C)(C)C)C1COCc2nc(N)c(I)c(C(=O)C3CCNCC3)c21. The van der Waals surface area contributed by atoms with Gasteiger partial charge in [0.2, 0.25) is 0 Å². The second-order valence-electron chi connectivity index (χ2n) is 8.56. The molecule has 1 fully saturated rings. The number of halogens is 1. The number of Topliss-reactive ketones (excluding diaryl/α,β-unsaturated/α-hetero) is 1. The van der Waals surface area contributed by atoms with Crippen molar-refractivity contribution in [3.05, 3.63) is 20.4 Å². The highest BCUT2D eigenvalue weighted by molar-refractivity contribution is 14.1. The van der Waals surface area contributed by atoms with Crippen LogP contribution in [0.5, 0.6) is 0 Å². The fraction of sp³-hybridized carbons (Fsp3) is 0.650. The molecule has 3 heterocycles. The van der Waals surface area contributed by atoms with E-state index in [4.69, 9.17) is 15.2 Å². The third-order valence-corrected chi connectivity index (χ3v) is 6.33. The number of anilines is 1. The van der Waals surface area contributed by atoms with Gasteiger partial charge in [0.25, 0.3) is 0 Å². The summed E-state index contributed by atoms with van der Waals surface area (Å²) in [7, 11) is 1.67. The lowest BCUT2D eigenvalue weighted by Gasteiger charge is -2.36. The summed E-state index contributed by atoms with van der Waals surface area (Å²) in [4.78, 5) is 32.2. The maximum absolute atomic E-state index is 13.5. The van der Waals surface area contributed by atoms with Crippen LogP contribution in [0, 0.1) is 9.49 Å². The third kappa shape index (κ3) is 4.83. The topological polar surface area (TPSA) is 107 Å². The highest BCUT2D eigenvalue weighted by Gasteiger charge is 2.37. The Morgan fingerprint density at radius 1 is 1.31 bits per heavy atom. The molecule has 0 aliphatic carbocycles. The van der Waals surface area contributed by atoms with Crippen molar-refractivity contribution in [3.63, 3.8) is 0 Å². The minimum Gasteiger partial charge on any atom is -0.444 e. The molecular weight excluding hydrogens is 487 g/mol. The van der Waals surface area contributed by atoms with E-state index in [1.54, 1.807) is 7.05 Å². The standard InChI is InChI=1S/C20H29IN4O4/c1-20(2,3)29-19(27)25(4)13-10-28-9-12-14(13)15(16(21)18(22)24-12)17(26)11-5-7-23-8-6-11/h11,13,23H,5-10H2,1-4H3,(H2,22,24). The Balaban J connectivity index is 2.03. The molecule has 0 radical (unpaired) electrons. The van der Waals surface area contributed by atoms with Crippen LogP contribution in [-0.4, -0.2) is 54.1 Å². The molecule has 0 saturated carbocycles. The number of carbonyl (C=O) groups excluding carboxylic acids is 2. The maximum Gasteiger partial charge on any atom is 0.410 e. The molecule has 3 rings (SSSR count). The number of pyridine rings is 1. The minimum atomic E-state index is -0.620. The number of nitrogens with two attached hydrogens (primary N) is 1. The van der Waals surface area contributed by atoms with E-state index in [1.807, 2.05) is 20.8 Å². The highest BCUT2D eigenvalue weighted by atomic mass is 127. The van der Waals surface area contributed by atoms with Crippen molar-refractivity contribution in [2.75, 3.05) is 32.5 Å². The quantitative estimate of drug-likeness (QED) is 0.470. The molecule has 1 unspecified atom stereocenters. The number of nitrogens with zero attached hydrogens (tertiary/aromatic N) is 2. The van der Waals surface area contributed by atoms with Crippen LogP contribution >= 0.6 is 22.6 Å². The van der Waals surface area contributed by atoms with Crippen LogP contribution in [0.1, 0.15) is 61.3 Å². The fourth-order valence-corrected chi connectivity index (χ4v) is 4.44. The Bertz CT molecular complexity index is 803. The predicted octanol–water partition coefficient (Wildman–Crippen LogP) is 2.89. The van der Waals surface area contributed by atoms with Crippen LogP contribution in [0.25, 0.3) is 0 Å². The summed E-state index contributed by atoms with van der Waals surface area (Å²) in [5, 5.41) is 3.29. The van der Waals surface area contributed by atoms with E-state index in [0.717, 1.165) is 31.5 Å². The number of ether oxygens (including phenoxy) is 2. The monoisotopic (exact) mass is 516 g/mol. The molecule has 1 saturated heterocycles. The second-order valence-corrected chi connectivity index (χ2v) is 9.64. The molecule has 2 aliphatic rings. The van der Waals surface area contributed by atoms with Gasteiger partial charge in [0.15, 0.2) is 5.78 Å². The number of nitrogen functional groups attached to an aromatic ring is 1. The fourth-order valence-electron chi connectivity index (χ4n) is 3.76. The van der Waals surface area contributed by atoms with Gasteiger partial charge in [0.1, 0.15) is 11.4 Å². The van der Waals surface area contributed by atoms with Gasteiger partial charge in [0.05, 0.1) is 28.5 Å². The summed E-state index contributed by atoms with van der Waals surface area (Å²) in [6, 6.07) is -0.462. The van der Waals surface area contributed by atoms with Gasteiger partial charge in [-0.1, -0.05) is 0 Å². The molecule has 0 spiro atoms. The Morgan fingerprint density at radius 3 is 2.59 bits per heavy atom. The molecule has 0 aromatic carbocycles. The Hall–Kier alpha value is -1.46. The number of amides is 1. The lowest BCUT2D eigenvalue weighted by molar-refractivity contribution is -0.00143. The van der Waals surface area contributed by atoms with E-state index in [0.29, 0.717) is 20.6 Å².